The molecule has 0 spiro atoms. The van der Waals surface area contributed by atoms with E-state index in [2.05, 4.69) is 5.32 Å². The van der Waals surface area contributed by atoms with Crippen LogP contribution >= 0.6 is 0 Å². The lowest BCUT2D eigenvalue weighted by molar-refractivity contribution is -0.119. The van der Waals surface area contributed by atoms with Crippen LogP contribution in [0.4, 0.5) is 5.69 Å². The maximum Gasteiger partial charge on any atom is 0.253 e. The first-order valence-corrected chi connectivity index (χ1v) is 7.99. The van der Waals surface area contributed by atoms with E-state index in [1.807, 2.05) is 18.2 Å². The number of carbonyl (C=O) groups excluding carboxylic acids is 2. The zero-order valence-electron chi connectivity index (χ0n) is 12.9. The van der Waals surface area contributed by atoms with E-state index in [-0.39, 0.29) is 23.8 Å². The molecule has 2 amide bonds. The number of nitrogens with two attached hydrogens (primary N) is 1. The molecule has 2 fully saturated rings. The van der Waals surface area contributed by atoms with E-state index in [9.17, 15) is 9.59 Å². The Labute approximate surface area is 130 Å². The highest BCUT2D eigenvalue weighted by Gasteiger charge is 2.34. The highest BCUT2D eigenvalue weighted by molar-refractivity contribution is 6.05. The van der Waals surface area contributed by atoms with Gasteiger partial charge in [-0.25, -0.2) is 0 Å². The molecule has 5 nitrogen and oxygen atoms in total. The lowest BCUT2D eigenvalue weighted by Crippen LogP contribution is -2.42. The van der Waals surface area contributed by atoms with E-state index in [1.165, 1.54) is 0 Å². The summed E-state index contributed by atoms with van der Waals surface area (Å²) in [6.45, 7) is 0.454. The van der Waals surface area contributed by atoms with Gasteiger partial charge in [-0.1, -0.05) is 12.1 Å². The first kappa shape index (κ1) is 15.0. The number of hydrogen-bond donors (Lipinski definition) is 2. The van der Waals surface area contributed by atoms with Gasteiger partial charge in [-0.05, 0) is 43.7 Å². The molecule has 3 rings (SSSR count). The van der Waals surface area contributed by atoms with Gasteiger partial charge in [-0.2, -0.15) is 0 Å². The molecule has 118 valence electrons. The lowest BCUT2D eigenvalue weighted by atomic mass is 10.1. The Kier molecular flexibility index (Phi) is 4.16. The van der Waals surface area contributed by atoms with Crippen LogP contribution in [0.2, 0.25) is 0 Å². The molecule has 0 aromatic heterocycles. The van der Waals surface area contributed by atoms with Crippen LogP contribution < -0.4 is 16.0 Å². The summed E-state index contributed by atoms with van der Waals surface area (Å²) in [6.07, 6.45) is 4.16. The van der Waals surface area contributed by atoms with Crippen LogP contribution in [-0.2, 0) is 4.79 Å². The zero-order valence-corrected chi connectivity index (χ0v) is 12.9. The molecule has 1 aromatic carbocycles. The Bertz CT molecular complexity index is 579. The van der Waals surface area contributed by atoms with E-state index >= 15 is 0 Å². The maximum atomic E-state index is 12.6. The molecule has 2 saturated carbocycles. The number of anilines is 1. The van der Waals surface area contributed by atoms with Gasteiger partial charge in [0.1, 0.15) is 0 Å². The standard InChI is InChI=1S/C17H23N3O2/c1-20(17(22)12-8-9-12)15-5-3-2-4-13(15)16(21)19-14(10-18)11-6-7-11/h2-5,11-12,14H,6-10,18H2,1H3,(H,19,21). The molecule has 0 saturated heterocycles. The number of nitrogens with zero attached hydrogens (tertiary/aromatic N) is 1. The van der Waals surface area contributed by atoms with Crippen LogP contribution in [0.1, 0.15) is 36.0 Å². The summed E-state index contributed by atoms with van der Waals surface area (Å²) >= 11 is 0. The topological polar surface area (TPSA) is 75.4 Å². The molecular formula is C17H23N3O2. The number of nitrogens with one attached hydrogen (secondary N) is 1. The molecule has 5 heteroatoms. The van der Waals surface area contributed by atoms with Gasteiger partial charge >= 0.3 is 0 Å². The molecule has 2 aliphatic carbocycles. The summed E-state index contributed by atoms with van der Waals surface area (Å²) in [5.74, 6) is 0.586. The SMILES string of the molecule is CN(C(=O)C1CC1)c1ccccc1C(=O)NC(CN)C1CC1. The molecule has 2 aliphatic rings. The van der Waals surface area contributed by atoms with E-state index in [4.69, 9.17) is 5.73 Å². The molecule has 0 heterocycles. The monoisotopic (exact) mass is 301 g/mol. The van der Waals surface area contributed by atoms with Gasteiger partial charge in [0, 0.05) is 25.6 Å². The number of rotatable bonds is 6. The highest BCUT2D eigenvalue weighted by Crippen LogP contribution is 2.34. The summed E-state index contributed by atoms with van der Waals surface area (Å²) in [4.78, 5) is 26.4. The van der Waals surface area contributed by atoms with Gasteiger partial charge in [0.15, 0.2) is 0 Å². The van der Waals surface area contributed by atoms with Gasteiger partial charge in [-0.3, -0.25) is 9.59 Å². The Hall–Kier alpha value is -1.88. The minimum atomic E-state index is -0.145. The van der Waals surface area contributed by atoms with Crippen molar-refractivity contribution in [1.82, 2.24) is 5.32 Å². The van der Waals surface area contributed by atoms with Crippen molar-refractivity contribution >= 4 is 17.5 Å². The van der Waals surface area contributed by atoms with Crippen molar-refractivity contribution in [2.45, 2.75) is 31.7 Å². The molecule has 0 radical (unpaired) electrons. The van der Waals surface area contributed by atoms with E-state index < -0.39 is 0 Å². The third kappa shape index (κ3) is 3.14. The van der Waals surface area contributed by atoms with Crippen LogP contribution in [0.5, 0.6) is 0 Å². The minimum Gasteiger partial charge on any atom is -0.348 e. The average molecular weight is 301 g/mol. The molecule has 1 unspecified atom stereocenters. The third-order valence-corrected chi connectivity index (χ3v) is 4.53. The Morgan fingerprint density at radius 1 is 1.27 bits per heavy atom. The predicted octanol–water partition coefficient (Wildman–Crippen LogP) is 1.53. The minimum absolute atomic E-state index is 0.0324. The quantitative estimate of drug-likeness (QED) is 0.836. The fourth-order valence-electron chi connectivity index (χ4n) is 2.79. The molecule has 22 heavy (non-hydrogen) atoms. The second-order valence-corrected chi connectivity index (χ2v) is 6.34. The van der Waals surface area contributed by atoms with Crippen LogP contribution in [0, 0.1) is 11.8 Å². The first-order chi connectivity index (χ1) is 10.6. The largest absolute Gasteiger partial charge is 0.348 e. The fraction of sp³-hybridized carbons (Fsp3) is 0.529. The molecule has 0 bridgehead atoms. The van der Waals surface area contributed by atoms with Crippen LogP contribution in [0.25, 0.3) is 0 Å². The molecule has 3 N–H and O–H groups in total. The third-order valence-electron chi connectivity index (χ3n) is 4.53. The summed E-state index contributed by atoms with van der Waals surface area (Å²) < 4.78 is 0. The van der Waals surface area contributed by atoms with Gasteiger partial charge in [-0.15, -0.1) is 0 Å². The molecule has 1 atom stereocenters. The Morgan fingerprint density at radius 3 is 2.55 bits per heavy atom. The van der Waals surface area contributed by atoms with Crippen LogP contribution in [0.15, 0.2) is 24.3 Å². The maximum absolute atomic E-state index is 12.6. The van der Waals surface area contributed by atoms with E-state index in [0.29, 0.717) is 23.7 Å². The summed E-state index contributed by atoms with van der Waals surface area (Å²) in [6, 6.07) is 7.29. The lowest BCUT2D eigenvalue weighted by Gasteiger charge is -2.22. The van der Waals surface area contributed by atoms with E-state index in [1.54, 1.807) is 18.0 Å². The van der Waals surface area contributed by atoms with Crippen molar-refractivity contribution in [2.24, 2.45) is 17.6 Å². The number of para-hydroxylation sites is 1. The fourth-order valence-corrected chi connectivity index (χ4v) is 2.79. The van der Waals surface area contributed by atoms with E-state index in [0.717, 1.165) is 25.7 Å². The summed E-state index contributed by atoms with van der Waals surface area (Å²) in [5, 5.41) is 3.02. The van der Waals surface area contributed by atoms with Crippen LogP contribution in [-0.4, -0.2) is 31.4 Å². The smallest absolute Gasteiger partial charge is 0.253 e. The highest BCUT2D eigenvalue weighted by atomic mass is 16.2. The average Bonchev–Trinajstić information content (AvgIpc) is 3.41. The number of hydrogen-bond acceptors (Lipinski definition) is 3. The van der Waals surface area contributed by atoms with Crippen molar-refractivity contribution in [2.75, 3.05) is 18.5 Å². The zero-order chi connectivity index (χ0) is 15.7. The van der Waals surface area contributed by atoms with Gasteiger partial charge in [0.25, 0.3) is 5.91 Å². The van der Waals surface area contributed by atoms with Crippen molar-refractivity contribution in [3.63, 3.8) is 0 Å². The number of carbonyl (C=O) groups is 2. The number of amides is 2. The second kappa shape index (κ2) is 6.08. The second-order valence-electron chi connectivity index (χ2n) is 6.34. The Balaban J connectivity index is 1.77. The molecular weight excluding hydrogens is 278 g/mol. The van der Waals surface area contributed by atoms with Crippen LogP contribution in [0.3, 0.4) is 0 Å². The number of benzene rings is 1. The van der Waals surface area contributed by atoms with Gasteiger partial charge in [0.05, 0.1) is 11.3 Å². The molecule has 0 aliphatic heterocycles. The van der Waals surface area contributed by atoms with Crippen molar-refractivity contribution in [3.05, 3.63) is 29.8 Å². The van der Waals surface area contributed by atoms with Crippen molar-refractivity contribution in [1.29, 1.82) is 0 Å². The van der Waals surface area contributed by atoms with Crippen molar-refractivity contribution in [3.8, 4) is 0 Å². The summed E-state index contributed by atoms with van der Waals surface area (Å²) in [5.41, 5.74) is 6.96. The Morgan fingerprint density at radius 2 is 1.95 bits per heavy atom. The normalized spacial score (nSPS) is 18.6. The first-order valence-electron chi connectivity index (χ1n) is 7.99. The van der Waals surface area contributed by atoms with Gasteiger partial charge in [0.2, 0.25) is 5.91 Å². The van der Waals surface area contributed by atoms with Gasteiger partial charge < -0.3 is 16.0 Å². The van der Waals surface area contributed by atoms with Crippen molar-refractivity contribution < 1.29 is 9.59 Å². The molecule has 1 aromatic rings. The predicted molar refractivity (Wildman–Crippen MR) is 85.6 cm³/mol. The summed E-state index contributed by atoms with van der Waals surface area (Å²) in [7, 11) is 1.74.